The molecule has 5 heterocycles. The molecule has 1 aliphatic carbocycles. The molecule has 2 unspecified atom stereocenters. The first-order valence-corrected chi connectivity index (χ1v) is 11.4. The molecule has 2 N–H and O–H groups in total. The van der Waals surface area contributed by atoms with Crippen LogP contribution in [0.2, 0.25) is 0 Å². The van der Waals surface area contributed by atoms with Gasteiger partial charge in [-0.2, -0.15) is 0 Å². The Balaban J connectivity index is 1.28. The van der Waals surface area contributed by atoms with Crippen molar-refractivity contribution >= 4 is 28.3 Å². The second kappa shape index (κ2) is 6.99. The molecule has 1 aromatic carbocycles. The van der Waals surface area contributed by atoms with Gasteiger partial charge in [0, 0.05) is 18.2 Å². The lowest BCUT2D eigenvalue weighted by molar-refractivity contribution is -0.274. The minimum atomic E-state index is -4.80. The van der Waals surface area contributed by atoms with Crippen molar-refractivity contribution in [2.45, 2.75) is 37.8 Å². The fraction of sp³-hybridized carbons (Fsp3) is 0.333. The van der Waals surface area contributed by atoms with E-state index in [1.54, 1.807) is 34.0 Å². The summed E-state index contributed by atoms with van der Waals surface area (Å²) in [6.07, 6.45) is 2.20. The molecule has 36 heavy (non-hydrogen) atoms. The van der Waals surface area contributed by atoms with E-state index in [0.717, 1.165) is 19.3 Å². The van der Waals surface area contributed by atoms with Crippen LogP contribution >= 0.6 is 0 Å². The van der Waals surface area contributed by atoms with Crippen LogP contribution in [0.4, 0.5) is 19.0 Å². The first kappa shape index (κ1) is 21.2. The number of carbonyl (C=O) groups is 1. The van der Waals surface area contributed by atoms with Gasteiger partial charge in [-0.15, -0.1) is 13.2 Å². The Bertz CT molecular complexity index is 1560. The number of pyridine rings is 1. The van der Waals surface area contributed by atoms with Gasteiger partial charge in [0.2, 0.25) is 0 Å². The van der Waals surface area contributed by atoms with Crippen molar-refractivity contribution in [3.05, 3.63) is 54.2 Å². The lowest BCUT2D eigenvalue weighted by Gasteiger charge is -2.41. The summed E-state index contributed by atoms with van der Waals surface area (Å²) >= 11 is 0. The van der Waals surface area contributed by atoms with Crippen LogP contribution in [-0.4, -0.2) is 49.2 Å². The summed E-state index contributed by atoms with van der Waals surface area (Å²) in [5, 5.41) is 0. The number of nitrogens with two attached hydrogens (primary N) is 1. The zero-order chi connectivity index (χ0) is 24.8. The monoisotopic (exact) mass is 496 g/mol. The average Bonchev–Trinajstić information content (AvgIpc) is 3.23. The van der Waals surface area contributed by atoms with Crippen molar-refractivity contribution < 1.29 is 27.4 Å². The van der Waals surface area contributed by atoms with E-state index in [1.807, 2.05) is 0 Å². The summed E-state index contributed by atoms with van der Waals surface area (Å²) < 4.78 is 50.1. The lowest BCUT2D eigenvalue weighted by atomic mass is 9.85. The first-order chi connectivity index (χ1) is 17.2. The number of imidazole rings is 1. The third-order valence-electron chi connectivity index (χ3n) is 7.34. The van der Waals surface area contributed by atoms with E-state index in [4.69, 9.17) is 10.5 Å². The number of piperidine rings is 1. The summed E-state index contributed by atoms with van der Waals surface area (Å²) in [7, 11) is 0. The fourth-order valence-electron chi connectivity index (χ4n) is 5.54. The maximum Gasteiger partial charge on any atom is 0.573 e. The van der Waals surface area contributed by atoms with Crippen molar-refractivity contribution in [3.8, 4) is 11.5 Å². The third-order valence-corrected chi connectivity index (χ3v) is 7.34. The number of nitrogens with zero attached hydrogens (tertiary/aromatic N) is 5. The Morgan fingerprint density at radius 2 is 2.03 bits per heavy atom. The van der Waals surface area contributed by atoms with E-state index in [0.29, 0.717) is 40.2 Å². The van der Waals surface area contributed by atoms with Gasteiger partial charge in [0.05, 0.1) is 30.3 Å². The number of rotatable bonds is 2. The Labute approximate surface area is 201 Å². The quantitative estimate of drug-likeness (QED) is 0.449. The standard InChI is InChI=1S/C24H19F3N6O3/c25-24(26,27)36-12-1-2-13-18(5-12)35-19-7-23(3-4-23)10-32(20(13)19)22(34)14-6-16-15(8-30-14)31-21(28)17-9-29-11-33(16)17/h1-2,5-6,8-9,11,19-20H,3-4,7,10H2,(H2,28,31). The number of hydrogen-bond donors (Lipinski definition) is 1. The van der Waals surface area contributed by atoms with Crippen LogP contribution in [0.3, 0.4) is 0 Å². The van der Waals surface area contributed by atoms with Crippen LogP contribution < -0.4 is 15.2 Å². The molecule has 2 atom stereocenters. The van der Waals surface area contributed by atoms with Crippen LogP contribution in [-0.2, 0) is 0 Å². The highest BCUT2D eigenvalue weighted by Crippen LogP contribution is 2.59. The SMILES string of the molecule is Nc1nc2cnc(C(=O)N3CC4(CC4)CC4Oc5cc(OC(F)(F)F)ccc5C43)cc2n2cncc12. The maximum atomic E-state index is 13.9. The van der Waals surface area contributed by atoms with Gasteiger partial charge in [0.25, 0.3) is 5.91 Å². The molecule has 1 amide bonds. The number of benzene rings is 1. The highest BCUT2D eigenvalue weighted by atomic mass is 19.4. The van der Waals surface area contributed by atoms with E-state index in [-0.39, 0.29) is 28.9 Å². The number of carbonyl (C=O) groups excluding carboxylic acids is 1. The van der Waals surface area contributed by atoms with Gasteiger partial charge < -0.3 is 20.1 Å². The molecule has 1 saturated carbocycles. The summed E-state index contributed by atoms with van der Waals surface area (Å²) in [6.45, 7) is 0.525. The van der Waals surface area contributed by atoms with Crippen LogP contribution in [0.1, 0.15) is 41.4 Å². The minimum Gasteiger partial charge on any atom is -0.487 e. The summed E-state index contributed by atoms with van der Waals surface area (Å²) in [5.41, 5.74) is 8.63. The van der Waals surface area contributed by atoms with Gasteiger partial charge in [-0.1, -0.05) is 0 Å². The number of halogens is 3. The summed E-state index contributed by atoms with van der Waals surface area (Å²) in [6, 6.07) is 5.26. The largest absolute Gasteiger partial charge is 0.573 e. The molecule has 1 spiro atoms. The Kier molecular flexibility index (Phi) is 4.12. The Morgan fingerprint density at radius 1 is 1.19 bits per heavy atom. The van der Waals surface area contributed by atoms with Gasteiger partial charge in [-0.25, -0.2) is 15.0 Å². The van der Waals surface area contributed by atoms with Crippen molar-refractivity contribution in [2.75, 3.05) is 12.3 Å². The molecular weight excluding hydrogens is 477 g/mol. The summed E-state index contributed by atoms with van der Waals surface area (Å²) in [5.74, 6) is -0.0289. The predicted molar refractivity (Wildman–Crippen MR) is 120 cm³/mol. The normalized spacial score (nSPS) is 21.9. The highest BCUT2D eigenvalue weighted by molar-refractivity contribution is 5.96. The van der Waals surface area contributed by atoms with Crippen LogP contribution in [0.5, 0.6) is 11.5 Å². The zero-order valence-electron chi connectivity index (χ0n) is 18.7. The molecule has 2 fully saturated rings. The van der Waals surface area contributed by atoms with Crippen molar-refractivity contribution in [1.29, 1.82) is 0 Å². The molecule has 3 aromatic heterocycles. The number of amides is 1. The van der Waals surface area contributed by atoms with E-state index in [2.05, 4.69) is 19.7 Å². The van der Waals surface area contributed by atoms with Crippen molar-refractivity contribution in [2.24, 2.45) is 5.41 Å². The number of hydrogen-bond acceptors (Lipinski definition) is 7. The highest BCUT2D eigenvalue weighted by Gasteiger charge is 2.56. The van der Waals surface area contributed by atoms with Gasteiger partial charge >= 0.3 is 6.36 Å². The zero-order valence-corrected chi connectivity index (χ0v) is 18.7. The number of alkyl halides is 3. The first-order valence-electron chi connectivity index (χ1n) is 11.4. The van der Waals surface area contributed by atoms with E-state index in [1.165, 1.54) is 18.3 Å². The maximum absolute atomic E-state index is 13.9. The van der Waals surface area contributed by atoms with Crippen molar-refractivity contribution in [1.82, 2.24) is 24.3 Å². The fourth-order valence-corrected chi connectivity index (χ4v) is 5.54. The minimum absolute atomic E-state index is 0.0470. The summed E-state index contributed by atoms with van der Waals surface area (Å²) in [4.78, 5) is 28.5. The number of ether oxygens (including phenoxy) is 2. The average molecular weight is 496 g/mol. The second-order valence-electron chi connectivity index (χ2n) is 9.69. The number of nitrogen functional groups attached to an aromatic ring is 1. The molecule has 7 rings (SSSR count). The van der Waals surface area contributed by atoms with E-state index < -0.39 is 12.4 Å². The van der Waals surface area contributed by atoms with E-state index >= 15 is 0 Å². The topological polar surface area (TPSA) is 108 Å². The lowest BCUT2D eigenvalue weighted by Crippen LogP contribution is -2.49. The van der Waals surface area contributed by atoms with Gasteiger partial charge in [0.15, 0.2) is 0 Å². The van der Waals surface area contributed by atoms with Crippen LogP contribution in [0.25, 0.3) is 16.6 Å². The third kappa shape index (κ3) is 3.23. The predicted octanol–water partition coefficient (Wildman–Crippen LogP) is 3.89. The van der Waals surface area contributed by atoms with Gasteiger partial charge in [0.1, 0.15) is 40.1 Å². The molecule has 1 saturated heterocycles. The van der Waals surface area contributed by atoms with Gasteiger partial charge in [-0.3, -0.25) is 9.20 Å². The number of likely N-dealkylation sites (tertiary alicyclic amines) is 1. The molecule has 4 aromatic rings. The number of fused-ring (bicyclic) bond motifs is 6. The molecule has 3 aliphatic rings. The Hall–Kier alpha value is -4.09. The smallest absolute Gasteiger partial charge is 0.487 e. The molecule has 184 valence electrons. The molecule has 0 bridgehead atoms. The van der Waals surface area contributed by atoms with E-state index in [9.17, 15) is 18.0 Å². The Morgan fingerprint density at radius 3 is 2.81 bits per heavy atom. The second-order valence-corrected chi connectivity index (χ2v) is 9.69. The molecular formula is C24H19F3N6O3. The van der Waals surface area contributed by atoms with Gasteiger partial charge in [-0.05, 0) is 42.9 Å². The molecule has 0 radical (unpaired) electrons. The molecule has 12 heteroatoms. The molecule has 2 aliphatic heterocycles. The molecule has 9 nitrogen and oxygen atoms in total. The van der Waals surface area contributed by atoms with Crippen LogP contribution in [0.15, 0.2) is 43.0 Å². The van der Waals surface area contributed by atoms with Crippen molar-refractivity contribution in [3.63, 3.8) is 0 Å². The number of anilines is 1. The van der Waals surface area contributed by atoms with Crippen LogP contribution in [0, 0.1) is 5.41 Å². The number of aromatic nitrogens is 4.